The van der Waals surface area contributed by atoms with E-state index in [-0.39, 0.29) is 12.2 Å². The Hall–Kier alpha value is -1.58. The lowest BCUT2D eigenvalue weighted by Gasteiger charge is -2.33. The van der Waals surface area contributed by atoms with Gasteiger partial charge in [0.15, 0.2) is 11.0 Å². The SMILES string of the molecule is CC(C)(C)OC(=O)N1CCC(CSc2nnc(-c3cccs3)n2CC2CCCO2)CC1. The highest BCUT2D eigenvalue weighted by Crippen LogP contribution is 2.31. The number of aromatic nitrogens is 3. The summed E-state index contributed by atoms with van der Waals surface area (Å²) in [6.07, 6.45) is 4.24. The Balaban J connectivity index is 1.35. The predicted molar refractivity (Wildman–Crippen MR) is 124 cm³/mol. The molecular weight excluding hydrogens is 432 g/mol. The van der Waals surface area contributed by atoms with Crippen LogP contribution in [0, 0.1) is 5.92 Å². The summed E-state index contributed by atoms with van der Waals surface area (Å²) in [4.78, 5) is 15.3. The van der Waals surface area contributed by atoms with Gasteiger partial charge in [-0.1, -0.05) is 17.8 Å². The van der Waals surface area contributed by atoms with E-state index < -0.39 is 5.60 Å². The highest BCUT2D eigenvalue weighted by molar-refractivity contribution is 7.99. The molecule has 0 spiro atoms. The molecule has 1 amide bonds. The van der Waals surface area contributed by atoms with Gasteiger partial charge in [-0.3, -0.25) is 4.57 Å². The first kappa shape index (κ1) is 22.6. The number of amides is 1. The molecule has 2 aromatic heterocycles. The molecule has 7 nitrogen and oxygen atoms in total. The second kappa shape index (κ2) is 9.92. The smallest absolute Gasteiger partial charge is 0.410 e. The Bertz CT molecular complexity index is 849. The molecule has 0 N–H and O–H groups in total. The van der Waals surface area contributed by atoms with E-state index in [2.05, 4.69) is 32.3 Å². The van der Waals surface area contributed by atoms with Crippen LogP contribution in [0.25, 0.3) is 10.7 Å². The number of piperidine rings is 1. The van der Waals surface area contributed by atoms with Crippen molar-refractivity contribution in [3.05, 3.63) is 17.5 Å². The van der Waals surface area contributed by atoms with Crippen LogP contribution in [0.15, 0.2) is 22.7 Å². The molecule has 0 aliphatic carbocycles. The molecule has 4 rings (SSSR count). The molecule has 1 unspecified atom stereocenters. The predicted octanol–water partition coefficient (Wildman–Crippen LogP) is 4.92. The molecular formula is C22H32N4O3S2. The highest BCUT2D eigenvalue weighted by atomic mass is 32.2. The average molecular weight is 465 g/mol. The van der Waals surface area contributed by atoms with Gasteiger partial charge in [-0.05, 0) is 63.8 Å². The van der Waals surface area contributed by atoms with Gasteiger partial charge in [0.2, 0.25) is 0 Å². The molecule has 170 valence electrons. The largest absolute Gasteiger partial charge is 0.444 e. The number of thiophene rings is 1. The van der Waals surface area contributed by atoms with Gasteiger partial charge in [0.05, 0.1) is 17.5 Å². The van der Waals surface area contributed by atoms with Gasteiger partial charge in [-0.25, -0.2) is 4.79 Å². The fraction of sp³-hybridized carbons (Fsp3) is 0.682. The number of rotatable bonds is 6. The Morgan fingerprint density at radius 3 is 2.74 bits per heavy atom. The number of carbonyl (C=O) groups excluding carboxylic acids is 1. The molecule has 2 saturated heterocycles. The number of likely N-dealkylation sites (tertiary alicyclic amines) is 1. The molecule has 2 aliphatic heterocycles. The molecule has 0 radical (unpaired) electrons. The number of hydrogen-bond donors (Lipinski definition) is 0. The van der Waals surface area contributed by atoms with E-state index >= 15 is 0 Å². The van der Waals surface area contributed by atoms with Crippen molar-refractivity contribution in [1.82, 2.24) is 19.7 Å². The van der Waals surface area contributed by atoms with Gasteiger partial charge in [-0.15, -0.1) is 21.5 Å². The number of nitrogens with zero attached hydrogens (tertiary/aromatic N) is 4. The molecule has 2 aliphatic rings. The Labute approximate surface area is 192 Å². The summed E-state index contributed by atoms with van der Waals surface area (Å²) in [6.45, 7) is 8.88. The van der Waals surface area contributed by atoms with Crippen LogP contribution in [-0.2, 0) is 16.0 Å². The quantitative estimate of drug-likeness (QED) is 0.565. The highest BCUT2D eigenvalue weighted by Gasteiger charge is 2.28. The molecule has 31 heavy (non-hydrogen) atoms. The van der Waals surface area contributed by atoms with Crippen LogP contribution in [-0.4, -0.2) is 62.9 Å². The first-order valence-electron chi connectivity index (χ1n) is 11.1. The normalized spacial score (nSPS) is 20.4. The van der Waals surface area contributed by atoms with E-state index in [1.54, 1.807) is 23.1 Å². The van der Waals surface area contributed by atoms with E-state index in [1.807, 2.05) is 25.7 Å². The van der Waals surface area contributed by atoms with Crippen LogP contribution in [0.2, 0.25) is 0 Å². The zero-order valence-electron chi connectivity index (χ0n) is 18.6. The van der Waals surface area contributed by atoms with Crippen molar-refractivity contribution in [2.45, 2.75) is 69.9 Å². The second-order valence-electron chi connectivity index (χ2n) is 9.25. The summed E-state index contributed by atoms with van der Waals surface area (Å²) in [7, 11) is 0. The van der Waals surface area contributed by atoms with Crippen molar-refractivity contribution >= 4 is 29.2 Å². The molecule has 9 heteroatoms. The number of thioether (sulfide) groups is 1. The molecule has 0 bridgehead atoms. The number of ether oxygens (including phenoxy) is 2. The maximum Gasteiger partial charge on any atom is 0.410 e. The Morgan fingerprint density at radius 2 is 2.10 bits per heavy atom. The van der Waals surface area contributed by atoms with Gasteiger partial charge in [0.1, 0.15) is 5.60 Å². The van der Waals surface area contributed by atoms with Crippen LogP contribution < -0.4 is 0 Å². The van der Waals surface area contributed by atoms with E-state index in [1.165, 1.54) is 0 Å². The Kier molecular flexibility index (Phi) is 7.23. The first-order valence-corrected chi connectivity index (χ1v) is 12.9. The van der Waals surface area contributed by atoms with E-state index in [9.17, 15) is 4.79 Å². The molecule has 1 atom stereocenters. The lowest BCUT2D eigenvalue weighted by atomic mass is 9.99. The van der Waals surface area contributed by atoms with Crippen molar-refractivity contribution in [3.8, 4) is 10.7 Å². The fourth-order valence-corrected chi connectivity index (χ4v) is 5.79. The monoisotopic (exact) mass is 464 g/mol. The summed E-state index contributed by atoms with van der Waals surface area (Å²) in [5, 5.41) is 12.1. The number of carbonyl (C=O) groups is 1. The lowest BCUT2D eigenvalue weighted by molar-refractivity contribution is 0.0191. The Morgan fingerprint density at radius 1 is 1.29 bits per heavy atom. The van der Waals surface area contributed by atoms with Crippen molar-refractivity contribution in [3.63, 3.8) is 0 Å². The van der Waals surface area contributed by atoms with Crippen molar-refractivity contribution in [2.24, 2.45) is 5.92 Å². The van der Waals surface area contributed by atoms with E-state index in [4.69, 9.17) is 9.47 Å². The maximum absolute atomic E-state index is 12.3. The minimum atomic E-state index is -0.447. The number of hydrogen-bond acceptors (Lipinski definition) is 7. The van der Waals surface area contributed by atoms with E-state index in [0.29, 0.717) is 5.92 Å². The van der Waals surface area contributed by atoms with E-state index in [0.717, 1.165) is 73.5 Å². The van der Waals surface area contributed by atoms with Crippen LogP contribution >= 0.6 is 23.1 Å². The maximum atomic E-state index is 12.3. The minimum absolute atomic E-state index is 0.199. The summed E-state index contributed by atoms with van der Waals surface area (Å²) in [5.74, 6) is 2.48. The lowest BCUT2D eigenvalue weighted by Crippen LogP contribution is -2.42. The standard InChI is InChI=1S/C22H32N4O3S2/c1-22(2,3)29-21(27)25-10-8-16(9-11-25)15-31-20-24-23-19(18-7-5-13-30-18)26(20)14-17-6-4-12-28-17/h5,7,13,16-17H,4,6,8-12,14-15H2,1-3H3. The zero-order valence-corrected chi connectivity index (χ0v) is 20.2. The summed E-state index contributed by atoms with van der Waals surface area (Å²) in [6, 6.07) is 4.15. The minimum Gasteiger partial charge on any atom is -0.444 e. The molecule has 2 aromatic rings. The first-order chi connectivity index (χ1) is 14.9. The third kappa shape index (κ3) is 6.02. The topological polar surface area (TPSA) is 69.5 Å². The van der Waals surface area contributed by atoms with Crippen LogP contribution in [0.1, 0.15) is 46.5 Å². The third-order valence-corrected chi connectivity index (χ3v) is 7.65. The average Bonchev–Trinajstić information content (AvgIpc) is 3.48. The fourth-order valence-electron chi connectivity index (χ4n) is 3.94. The van der Waals surface area contributed by atoms with Crippen molar-refractivity contribution < 1.29 is 14.3 Å². The van der Waals surface area contributed by atoms with Crippen molar-refractivity contribution in [1.29, 1.82) is 0 Å². The van der Waals surface area contributed by atoms with Crippen LogP contribution in [0.3, 0.4) is 0 Å². The molecule has 0 saturated carbocycles. The van der Waals surface area contributed by atoms with Gasteiger partial charge >= 0.3 is 6.09 Å². The molecule has 4 heterocycles. The summed E-state index contributed by atoms with van der Waals surface area (Å²) < 4.78 is 13.6. The van der Waals surface area contributed by atoms with Crippen LogP contribution in [0.4, 0.5) is 4.79 Å². The molecule has 0 aromatic carbocycles. The second-order valence-corrected chi connectivity index (χ2v) is 11.2. The van der Waals surface area contributed by atoms with Gasteiger partial charge in [-0.2, -0.15) is 0 Å². The zero-order chi connectivity index (χ0) is 21.8. The van der Waals surface area contributed by atoms with Crippen LogP contribution in [0.5, 0.6) is 0 Å². The summed E-state index contributed by atoms with van der Waals surface area (Å²) >= 11 is 3.47. The summed E-state index contributed by atoms with van der Waals surface area (Å²) in [5.41, 5.74) is -0.447. The third-order valence-electron chi connectivity index (χ3n) is 5.58. The molecule has 2 fully saturated rings. The van der Waals surface area contributed by atoms with Gasteiger partial charge in [0.25, 0.3) is 0 Å². The van der Waals surface area contributed by atoms with Gasteiger partial charge < -0.3 is 14.4 Å². The van der Waals surface area contributed by atoms with Gasteiger partial charge in [0, 0.05) is 25.4 Å². The van der Waals surface area contributed by atoms with Crippen molar-refractivity contribution in [2.75, 3.05) is 25.4 Å².